The Hall–Kier alpha value is -3.73. The molecule has 0 spiro atoms. The number of fused-ring (bicyclic) bond motifs is 2. The third kappa shape index (κ3) is 3.85. The normalized spacial score (nSPS) is 20.7. The molecule has 4 aromatic rings. The fourth-order valence-electron chi connectivity index (χ4n) is 4.92. The molecule has 184 valence electrons. The highest BCUT2D eigenvalue weighted by molar-refractivity contribution is 5.78. The summed E-state index contributed by atoms with van der Waals surface area (Å²) in [7, 11) is 2.96. The van der Waals surface area contributed by atoms with Crippen molar-refractivity contribution >= 4 is 28.1 Å². The summed E-state index contributed by atoms with van der Waals surface area (Å²) in [5.41, 5.74) is 1.31. The van der Waals surface area contributed by atoms with Gasteiger partial charge in [0.25, 0.3) is 5.56 Å². The van der Waals surface area contributed by atoms with Crippen LogP contribution in [0.3, 0.4) is 0 Å². The number of aromatic nitrogens is 6. The summed E-state index contributed by atoms with van der Waals surface area (Å²) < 4.78 is 3.94. The van der Waals surface area contributed by atoms with E-state index in [2.05, 4.69) is 15.0 Å². The minimum absolute atomic E-state index is 0.0492. The van der Waals surface area contributed by atoms with Crippen LogP contribution in [0.25, 0.3) is 22.2 Å². The first-order valence-corrected chi connectivity index (χ1v) is 11.6. The van der Waals surface area contributed by atoms with Gasteiger partial charge in [0.05, 0.1) is 29.0 Å². The summed E-state index contributed by atoms with van der Waals surface area (Å²) >= 11 is 0. The Kier molecular flexibility index (Phi) is 5.39. The molecule has 1 fully saturated rings. The number of hydrogen-bond acceptors (Lipinski definition) is 6. The van der Waals surface area contributed by atoms with Crippen molar-refractivity contribution in [3.63, 3.8) is 0 Å². The summed E-state index contributed by atoms with van der Waals surface area (Å²) in [6.07, 6.45) is 2.56. The maximum atomic E-state index is 13.1. The lowest BCUT2D eigenvalue weighted by atomic mass is 9.88. The van der Waals surface area contributed by atoms with Crippen LogP contribution in [-0.2, 0) is 25.3 Å². The van der Waals surface area contributed by atoms with Crippen LogP contribution in [0.2, 0.25) is 0 Å². The van der Waals surface area contributed by atoms with Gasteiger partial charge in [-0.05, 0) is 38.0 Å². The molecule has 0 radical (unpaired) electrons. The third-order valence-electron chi connectivity index (χ3n) is 7.12. The van der Waals surface area contributed by atoms with E-state index in [0.717, 1.165) is 27.0 Å². The van der Waals surface area contributed by atoms with Crippen molar-refractivity contribution < 1.29 is 9.90 Å². The van der Waals surface area contributed by atoms with Crippen LogP contribution in [0.4, 0.5) is 0 Å². The number of benzene rings is 1. The number of carbonyl (C=O) groups is 1. The molecule has 0 aliphatic carbocycles. The Morgan fingerprint density at radius 1 is 1.26 bits per heavy atom. The number of hydrogen-bond donors (Lipinski definition) is 2. The van der Waals surface area contributed by atoms with Crippen LogP contribution in [0.1, 0.15) is 37.2 Å². The van der Waals surface area contributed by atoms with Gasteiger partial charge in [0.1, 0.15) is 5.82 Å². The zero-order valence-corrected chi connectivity index (χ0v) is 20.3. The number of H-pyrrole nitrogens is 1. The van der Waals surface area contributed by atoms with Crippen molar-refractivity contribution in [2.45, 2.75) is 44.8 Å². The molecule has 1 aliphatic heterocycles. The first kappa shape index (κ1) is 23.0. The summed E-state index contributed by atoms with van der Waals surface area (Å²) in [5.74, 6) is 0.705. The van der Waals surface area contributed by atoms with E-state index in [1.54, 1.807) is 23.4 Å². The van der Waals surface area contributed by atoms with Crippen molar-refractivity contribution in [3.8, 4) is 0 Å². The molecule has 4 heterocycles. The molecule has 2 N–H and O–H groups in total. The Morgan fingerprint density at radius 2 is 2.03 bits per heavy atom. The van der Waals surface area contributed by atoms with Gasteiger partial charge >= 0.3 is 5.69 Å². The van der Waals surface area contributed by atoms with E-state index in [9.17, 15) is 19.5 Å². The lowest BCUT2D eigenvalue weighted by molar-refractivity contribution is -0.137. The fourth-order valence-corrected chi connectivity index (χ4v) is 4.92. The Balaban J connectivity index is 1.39. The lowest BCUT2D eigenvalue weighted by Gasteiger charge is -2.43. The maximum Gasteiger partial charge on any atom is 0.332 e. The summed E-state index contributed by atoms with van der Waals surface area (Å²) in [5, 5.41) is 11.2. The molecular weight excluding hydrogens is 450 g/mol. The van der Waals surface area contributed by atoms with E-state index in [0.29, 0.717) is 19.4 Å². The van der Waals surface area contributed by atoms with E-state index in [4.69, 9.17) is 0 Å². The van der Waals surface area contributed by atoms with Gasteiger partial charge in [-0.3, -0.25) is 18.7 Å². The first-order valence-electron chi connectivity index (χ1n) is 11.6. The monoisotopic (exact) mass is 479 g/mol. The van der Waals surface area contributed by atoms with E-state index >= 15 is 0 Å². The topological polar surface area (TPSA) is 131 Å². The average molecular weight is 480 g/mol. The van der Waals surface area contributed by atoms with Gasteiger partial charge < -0.3 is 19.6 Å². The molecule has 2 atom stereocenters. The number of rotatable bonds is 4. The minimum atomic E-state index is -1.17. The van der Waals surface area contributed by atoms with Crippen molar-refractivity contribution in [3.05, 3.63) is 56.8 Å². The van der Waals surface area contributed by atoms with Crippen molar-refractivity contribution in [2.75, 3.05) is 13.1 Å². The van der Waals surface area contributed by atoms with Crippen LogP contribution in [0, 0.1) is 6.92 Å². The molecule has 1 aromatic carbocycles. The van der Waals surface area contributed by atoms with E-state index in [1.165, 1.54) is 17.9 Å². The van der Waals surface area contributed by atoms with Crippen molar-refractivity contribution in [1.29, 1.82) is 0 Å². The molecule has 1 aliphatic rings. The highest BCUT2D eigenvalue weighted by Crippen LogP contribution is 2.33. The predicted molar refractivity (Wildman–Crippen MR) is 130 cm³/mol. The summed E-state index contributed by atoms with van der Waals surface area (Å²) in [4.78, 5) is 52.2. The van der Waals surface area contributed by atoms with Gasteiger partial charge in [0.15, 0.2) is 11.2 Å². The smallest absolute Gasteiger partial charge is 0.332 e. The SMILES string of the molecule is Cc1ccc2nc(CCC(=O)N3CC[C@](C)(O)[C@@H](n4cnc5c4c(=O)n(C)c(=O)n5C)C3)[nH]c2c1. The first-order chi connectivity index (χ1) is 16.6. The van der Waals surface area contributed by atoms with Crippen LogP contribution in [-0.4, -0.2) is 63.3 Å². The number of carbonyl (C=O) groups excluding carboxylic acids is 1. The quantitative estimate of drug-likeness (QED) is 0.445. The van der Waals surface area contributed by atoms with Crippen LogP contribution in [0.15, 0.2) is 34.1 Å². The van der Waals surface area contributed by atoms with Gasteiger partial charge in [-0.15, -0.1) is 0 Å². The molecule has 1 saturated heterocycles. The fraction of sp³-hybridized carbons (Fsp3) is 0.458. The zero-order valence-electron chi connectivity index (χ0n) is 20.3. The number of aromatic amines is 1. The molecule has 11 nitrogen and oxygen atoms in total. The van der Waals surface area contributed by atoms with E-state index < -0.39 is 22.9 Å². The Labute approximate surface area is 200 Å². The molecule has 5 rings (SSSR count). The molecule has 1 amide bonds. The lowest BCUT2D eigenvalue weighted by Crippen LogP contribution is -2.53. The van der Waals surface area contributed by atoms with E-state index in [1.807, 2.05) is 25.1 Å². The molecule has 11 heteroatoms. The van der Waals surface area contributed by atoms with Gasteiger partial charge in [-0.1, -0.05) is 6.07 Å². The summed E-state index contributed by atoms with van der Waals surface area (Å²) in [6.45, 7) is 4.35. The number of piperidine rings is 1. The predicted octanol–water partition coefficient (Wildman–Crippen LogP) is 0.776. The second kappa shape index (κ2) is 8.19. The second-order valence-corrected chi connectivity index (χ2v) is 9.70. The number of aliphatic hydroxyl groups is 1. The minimum Gasteiger partial charge on any atom is -0.388 e. The number of nitrogens with zero attached hydrogens (tertiary/aromatic N) is 6. The van der Waals surface area contributed by atoms with Gasteiger partial charge in [-0.25, -0.2) is 14.8 Å². The van der Waals surface area contributed by atoms with Crippen LogP contribution in [0.5, 0.6) is 0 Å². The highest BCUT2D eigenvalue weighted by atomic mass is 16.3. The molecule has 35 heavy (non-hydrogen) atoms. The van der Waals surface area contributed by atoms with Crippen molar-refractivity contribution in [1.82, 2.24) is 33.6 Å². The Bertz CT molecular complexity index is 1570. The molecule has 0 unspecified atom stereocenters. The average Bonchev–Trinajstić information content (AvgIpc) is 3.43. The van der Waals surface area contributed by atoms with Crippen LogP contribution < -0.4 is 11.2 Å². The van der Waals surface area contributed by atoms with Gasteiger partial charge in [-0.2, -0.15) is 0 Å². The molecule has 3 aromatic heterocycles. The van der Waals surface area contributed by atoms with Crippen molar-refractivity contribution in [2.24, 2.45) is 14.1 Å². The number of nitrogens with one attached hydrogen (secondary N) is 1. The van der Waals surface area contributed by atoms with E-state index in [-0.39, 0.29) is 30.0 Å². The van der Waals surface area contributed by atoms with Crippen LogP contribution >= 0.6 is 0 Å². The maximum absolute atomic E-state index is 13.1. The summed E-state index contributed by atoms with van der Waals surface area (Å²) in [6, 6.07) is 5.40. The Morgan fingerprint density at radius 3 is 2.80 bits per heavy atom. The number of likely N-dealkylation sites (tertiary alicyclic amines) is 1. The molecular formula is C24H29N7O4. The van der Waals surface area contributed by atoms with Gasteiger partial charge in [0, 0.05) is 40.0 Å². The third-order valence-corrected chi connectivity index (χ3v) is 7.12. The number of aryl methyl sites for hydroxylation is 3. The second-order valence-electron chi connectivity index (χ2n) is 9.70. The van der Waals surface area contributed by atoms with Gasteiger partial charge in [0.2, 0.25) is 5.91 Å². The molecule has 0 bridgehead atoms. The number of imidazole rings is 2. The molecule has 0 saturated carbocycles. The standard InChI is InChI=1S/C24H29N7O4/c1-14-5-6-15-16(11-14)27-18(26-15)7-8-19(32)30-10-9-24(2,35)17(12-30)31-13-25-21-20(31)22(33)29(4)23(34)28(21)3/h5-6,11,13,17,35H,7-10,12H2,1-4H3,(H,26,27)/t17-,24-/m0/s1. The highest BCUT2D eigenvalue weighted by Gasteiger charge is 2.41. The zero-order chi connectivity index (χ0) is 25.1. The number of amides is 1. The largest absolute Gasteiger partial charge is 0.388 e.